The zero-order valence-electron chi connectivity index (χ0n) is 8.16. The zero-order chi connectivity index (χ0) is 10.4. The van der Waals surface area contributed by atoms with Crippen molar-refractivity contribution < 1.29 is 9.90 Å². The highest BCUT2D eigenvalue weighted by Gasteiger charge is 2.05. The van der Waals surface area contributed by atoms with Crippen LogP contribution in [0.5, 0.6) is 5.75 Å². The van der Waals surface area contributed by atoms with E-state index in [0.717, 1.165) is 5.56 Å². The van der Waals surface area contributed by atoms with E-state index in [2.05, 4.69) is 0 Å². The van der Waals surface area contributed by atoms with Crippen molar-refractivity contribution in [2.24, 2.45) is 5.73 Å². The summed E-state index contributed by atoms with van der Waals surface area (Å²) in [7, 11) is 0. The first-order valence-corrected chi connectivity index (χ1v) is 4.20. The van der Waals surface area contributed by atoms with E-state index in [1.54, 1.807) is 12.1 Å². The molecule has 0 unspecified atom stereocenters. The van der Waals surface area contributed by atoms with Crippen molar-refractivity contribution in [1.29, 1.82) is 0 Å². The van der Waals surface area contributed by atoms with E-state index in [-0.39, 0.29) is 11.3 Å². The van der Waals surface area contributed by atoms with Crippen LogP contribution in [0.4, 0.5) is 0 Å². The van der Waals surface area contributed by atoms with Crippen molar-refractivity contribution in [3.8, 4) is 5.75 Å². The monoisotopic (exact) mass is 181 g/mol. The second-order valence-electron chi connectivity index (χ2n) is 2.38. The van der Waals surface area contributed by atoms with Crippen molar-refractivity contribution in [2.45, 2.75) is 20.8 Å². The predicted octanol–water partition coefficient (Wildman–Crippen LogP) is 1.83. The fourth-order valence-electron chi connectivity index (χ4n) is 0.847. The lowest BCUT2D eigenvalue weighted by molar-refractivity contribution is 0.0997. The number of amides is 1. The van der Waals surface area contributed by atoms with E-state index >= 15 is 0 Å². The summed E-state index contributed by atoms with van der Waals surface area (Å²) in [6.45, 7) is 5.83. The van der Waals surface area contributed by atoms with Crippen LogP contribution in [-0.2, 0) is 0 Å². The Bertz CT molecular complexity index is 295. The molecule has 0 atom stereocenters. The van der Waals surface area contributed by atoms with Crippen LogP contribution in [0.2, 0.25) is 0 Å². The Morgan fingerprint density at radius 1 is 1.38 bits per heavy atom. The number of carbonyl (C=O) groups excluding carboxylic acids is 1. The van der Waals surface area contributed by atoms with Crippen molar-refractivity contribution in [2.75, 3.05) is 0 Å². The summed E-state index contributed by atoms with van der Waals surface area (Å²) in [4.78, 5) is 10.6. The zero-order valence-corrected chi connectivity index (χ0v) is 8.16. The van der Waals surface area contributed by atoms with Gasteiger partial charge in [-0.15, -0.1) is 0 Å². The van der Waals surface area contributed by atoms with Crippen LogP contribution in [0.15, 0.2) is 18.2 Å². The number of aromatic hydroxyl groups is 1. The van der Waals surface area contributed by atoms with Gasteiger partial charge in [0.1, 0.15) is 5.75 Å². The molecule has 0 aliphatic heterocycles. The fraction of sp³-hybridized carbons (Fsp3) is 0.300. The number of primary amides is 1. The minimum Gasteiger partial charge on any atom is -0.507 e. The molecule has 72 valence electrons. The molecule has 0 heterocycles. The Hall–Kier alpha value is -1.51. The number of hydrogen-bond donors (Lipinski definition) is 2. The second-order valence-corrected chi connectivity index (χ2v) is 2.38. The summed E-state index contributed by atoms with van der Waals surface area (Å²) in [6.07, 6.45) is 0. The minimum absolute atomic E-state index is 0.0666. The van der Waals surface area contributed by atoms with E-state index < -0.39 is 5.91 Å². The lowest BCUT2D eigenvalue weighted by atomic mass is 10.1. The molecule has 0 aromatic heterocycles. The highest BCUT2D eigenvalue weighted by Crippen LogP contribution is 2.16. The van der Waals surface area contributed by atoms with Gasteiger partial charge in [0, 0.05) is 0 Å². The molecule has 1 aromatic carbocycles. The third-order valence-corrected chi connectivity index (χ3v) is 1.42. The Morgan fingerprint density at radius 3 is 2.31 bits per heavy atom. The molecule has 0 radical (unpaired) electrons. The Labute approximate surface area is 78.2 Å². The number of benzene rings is 1. The van der Waals surface area contributed by atoms with Crippen LogP contribution in [0.25, 0.3) is 0 Å². The number of aryl methyl sites for hydroxylation is 1. The molecule has 1 aromatic rings. The van der Waals surface area contributed by atoms with E-state index in [1.807, 2.05) is 20.8 Å². The topological polar surface area (TPSA) is 63.3 Å². The number of phenols is 1. The van der Waals surface area contributed by atoms with Gasteiger partial charge in [0.15, 0.2) is 0 Å². The average Bonchev–Trinajstić information content (AvgIpc) is 2.12. The third-order valence-electron chi connectivity index (χ3n) is 1.42. The molecule has 0 fully saturated rings. The molecule has 0 spiro atoms. The lowest BCUT2D eigenvalue weighted by Gasteiger charge is -1.99. The van der Waals surface area contributed by atoms with Crippen molar-refractivity contribution in [3.63, 3.8) is 0 Å². The summed E-state index contributed by atoms with van der Waals surface area (Å²) in [5, 5.41) is 9.10. The Kier molecular flexibility index (Phi) is 4.59. The van der Waals surface area contributed by atoms with Crippen LogP contribution in [-0.4, -0.2) is 11.0 Å². The van der Waals surface area contributed by atoms with Gasteiger partial charge < -0.3 is 10.8 Å². The molecule has 3 nitrogen and oxygen atoms in total. The van der Waals surface area contributed by atoms with Gasteiger partial charge in [0.2, 0.25) is 0 Å². The van der Waals surface area contributed by atoms with Crippen LogP contribution in [0, 0.1) is 6.92 Å². The molecule has 0 saturated carbocycles. The minimum atomic E-state index is -0.605. The molecule has 13 heavy (non-hydrogen) atoms. The Morgan fingerprint density at radius 2 is 1.92 bits per heavy atom. The number of hydrogen-bond acceptors (Lipinski definition) is 2. The molecule has 0 aliphatic rings. The van der Waals surface area contributed by atoms with Gasteiger partial charge in [-0.1, -0.05) is 25.5 Å². The van der Waals surface area contributed by atoms with Gasteiger partial charge in [-0.3, -0.25) is 4.79 Å². The van der Waals surface area contributed by atoms with Gasteiger partial charge in [-0.2, -0.15) is 0 Å². The van der Waals surface area contributed by atoms with Gasteiger partial charge in [-0.05, 0) is 19.1 Å². The van der Waals surface area contributed by atoms with Crippen LogP contribution in [0.1, 0.15) is 29.8 Å². The molecule has 1 amide bonds. The smallest absolute Gasteiger partial charge is 0.252 e. The van der Waals surface area contributed by atoms with E-state index in [4.69, 9.17) is 10.8 Å². The molecule has 3 N–H and O–H groups in total. The highest BCUT2D eigenvalue weighted by molar-refractivity contribution is 5.95. The quantitative estimate of drug-likeness (QED) is 0.694. The maximum Gasteiger partial charge on any atom is 0.252 e. The van der Waals surface area contributed by atoms with E-state index in [1.165, 1.54) is 6.07 Å². The Balaban J connectivity index is 0.000000671. The highest BCUT2D eigenvalue weighted by atomic mass is 16.3. The summed E-state index contributed by atoms with van der Waals surface area (Å²) in [5.74, 6) is -0.672. The molecule has 1 rings (SSSR count). The molecular weight excluding hydrogens is 166 g/mol. The average molecular weight is 181 g/mol. The number of rotatable bonds is 1. The van der Waals surface area contributed by atoms with Gasteiger partial charge in [-0.25, -0.2) is 0 Å². The first-order valence-electron chi connectivity index (χ1n) is 4.20. The van der Waals surface area contributed by atoms with Gasteiger partial charge in [0.05, 0.1) is 5.56 Å². The van der Waals surface area contributed by atoms with E-state index in [9.17, 15) is 4.79 Å². The standard InChI is InChI=1S/C8H9NO2.C2H6/c1-5-2-3-7(10)6(4-5)8(9)11;1-2/h2-4,10H,1H3,(H2,9,11);1-2H3. The normalized spacial score (nSPS) is 8.54. The van der Waals surface area contributed by atoms with Gasteiger partial charge >= 0.3 is 0 Å². The summed E-state index contributed by atoms with van der Waals surface area (Å²) < 4.78 is 0. The lowest BCUT2D eigenvalue weighted by Crippen LogP contribution is -2.11. The second kappa shape index (κ2) is 5.19. The van der Waals surface area contributed by atoms with Crippen LogP contribution >= 0.6 is 0 Å². The first-order chi connectivity index (χ1) is 6.11. The molecule has 0 saturated heterocycles. The number of carbonyl (C=O) groups is 1. The SMILES string of the molecule is CC.Cc1ccc(O)c(C(N)=O)c1. The summed E-state index contributed by atoms with van der Waals surface area (Å²) >= 11 is 0. The van der Waals surface area contributed by atoms with Crippen LogP contribution in [0.3, 0.4) is 0 Å². The fourth-order valence-corrected chi connectivity index (χ4v) is 0.847. The molecule has 0 aliphatic carbocycles. The van der Waals surface area contributed by atoms with Crippen molar-refractivity contribution >= 4 is 5.91 Å². The van der Waals surface area contributed by atoms with E-state index in [0.29, 0.717) is 0 Å². The van der Waals surface area contributed by atoms with Crippen molar-refractivity contribution in [3.05, 3.63) is 29.3 Å². The molecule has 0 bridgehead atoms. The summed E-state index contributed by atoms with van der Waals surface area (Å²) in [5.41, 5.74) is 6.06. The maximum absolute atomic E-state index is 10.6. The first kappa shape index (κ1) is 11.5. The molecular formula is C10H15NO2. The largest absolute Gasteiger partial charge is 0.507 e. The predicted molar refractivity (Wildman–Crippen MR) is 52.7 cm³/mol. The summed E-state index contributed by atoms with van der Waals surface area (Å²) in [6, 6.07) is 4.72. The third kappa shape index (κ3) is 3.15. The maximum atomic E-state index is 10.6. The molecule has 3 heteroatoms. The number of nitrogens with two attached hydrogens (primary N) is 1. The van der Waals surface area contributed by atoms with Crippen molar-refractivity contribution in [1.82, 2.24) is 0 Å². The van der Waals surface area contributed by atoms with Crippen LogP contribution < -0.4 is 5.73 Å². The van der Waals surface area contributed by atoms with Gasteiger partial charge in [0.25, 0.3) is 5.91 Å².